The van der Waals surface area contributed by atoms with Crippen molar-refractivity contribution < 1.29 is 33.0 Å². The number of alkyl halides is 2. The van der Waals surface area contributed by atoms with Gasteiger partial charge in [-0.15, -0.1) is 0 Å². The third kappa shape index (κ3) is 8.37. The molecule has 0 aromatic heterocycles. The van der Waals surface area contributed by atoms with E-state index in [4.69, 9.17) is 16.3 Å². The van der Waals surface area contributed by atoms with Crippen LogP contribution in [0.15, 0.2) is 54.6 Å². The second-order valence-electron chi connectivity index (χ2n) is 9.57. The van der Waals surface area contributed by atoms with E-state index in [1.165, 1.54) is 30.3 Å². The molecule has 212 valence electrons. The Balaban J connectivity index is 1.75. The molecule has 0 aliphatic carbocycles. The van der Waals surface area contributed by atoms with Crippen LogP contribution in [0, 0.1) is 5.92 Å². The Hall–Kier alpha value is -3.24. The van der Waals surface area contributed by atoms with Crippen LogP contribution in [-0.4, -0.2) is 48.2 Å². The molecule has 2 aromatic carbocycles. The van der Waals surface area contributed by atoms with Crippen LogP contribution in [0.1, 0.15) is 56.3 Å². The van der Waals surface area contributed by atoms with Crippen LogP contribution in [-0.2, 0) is 20.2 Å². The number of aliphatic hydroxyl groups excluding tert-OH is 1. The average Bonchev–Trinajstić information content (AvgIpc) is 3.33. The first-order valence-corrected chi connectivity index (χ1v) is 13.4. The monoisotopic (exact) mass is 565 g/mol. The lowest BCUT2D eigenvalue weighted by molar-refractivity contribution is -0.128. The largest absolute Gasteiger partial charge is 0.434 e. The van der Waals surface area contributed by atoms with Crippen LogP contribution in [0.25, 0.3) is 0 Å². The van der Waals surface area contributed by atoms with Gasteiger partial charge in [0.2, 0.25) is 11.8 Å². The van der Waals surface area contributed by atoms with Gasteiger partial charge in [0.1, 0.15) is 6.04 Å². The van der Waals surface area contributed by atoms with Crippen molar-refractivity contribution in [1.29, 1.82) is 0 Å². The summed E-state index contributed by atoms with van der Waals surface area (Å²) in [5, 5.41) is 17.7. The third-order valence-corrected chi connectivity index (χ3v) is 6.85. The second kappa shape index (κ2) is 14.2. The van der Waals surface area contributed by atoms with Crippen molar-refractivity contribution in [2.24, 2.45) is 5.92 Å². The minimum absolute atomic E-state index is 0.0577. The summed E-state index contributed by atoms with van der Waals surface area (Å²) < 4.78 is 36.7. The highest BCUT2D eigenvalue weighted by molar-refractivity contribution is 6.30. The molecule has 4 atom stereocenters. The van der Waals surface area contributed by atoms with Gasteiger partial charge in [0, 0.05) is 23.0 Å². The highest BCUT2D eigenvalue weighted by Gasteiger charge is 2.46. The van der Waals surface area contributed by atoms with Gasteiger partial charge in [0.05, 0.1) is 12.6 Å². The molecule has 4 N–H and O–H groups in total. The number of nitrogens with one attached hydrogen (secondary N) is 3. The van der Waals surface area contributed by atoms with Crippen molar-refractivity contribution in [2.45, 2.75) is 63.1 Å². The number of hydrogen-bond acceptors (Lipinski definition) is 5. The van der Waals surface area contributed by atoms with Crippen molar-refractivity contribution in [3.05, 3.63) is 70.7 Å². The number of rotatable bonds is 13. The van der Waals surface area contributed by atoms with Crippen LogP contribution in [0.4, 0.5) is 13.6 Å². The molecule has 1 fully saturated rings. The zero-order valence-electron chi connectivity index (χ0n) is 21.7. The van der Waals surface area contributed by atoms with Gasteiger partial charge in [-0.3, -0.25) is 9.59 Å². The van der Waals surface area contributed by atoms with Crippen molar-refractivity contribution in [3.63, 3.8) is 0 Å². The molecule has 0 unspecified atom stereocenters. The molecule has 3 amide bonds. The van der Waals surface area contributed by atoms with Crippen molar-refractivity contribution in [1.82, 2.24) is 16.0 Å². The summed E-state index contributed by atoms with van der Waals surface area (Å²) in [6.07, 6.45) is -0.868. The SMILES string of the molecule is CCCC[C@H](NC(=O)O[C@@H](c1ccccc1)C(F)(F)c1cccc(Cl)c1)C(=O)N[C@H](CO)C[C@@H]1CCNC1=O. The number of amides is 3. The maximum atomic E-state index is 15.7. The van der Waals surface area contributed by atoms with Crippen molar-refractivity contribution >= 4 is 29.5 Å². The predicted octanol–water partition coefficient (Wildman–Crippen LogP) is 4.46. The Morgan fingerprint density at radius 1 is 1.18 bits per heavy atom. The first kappa shape index (κ1) is 30.3. The van der Waals surface area contributed by atoms with Crippen LogP contribution in [0.5, 0.6) is 0 Å². The third-order valence-electron chi connectivity index (χ3n) is 6.62. The molecule has 3 rings (SSSR count). The number of carbonyl (C=O) groups is 3. The fourth-order valence-electron chi connectivity index (χ4n) is 4.48. The summed E-state index contributed by atoms with van der Waals surface area (Å²) in [7, 11) is 0. The van der Waals surface area contributed by atoms with E-state index in [1.54, 1.807) is 18.2 Å². The maximum absolute atomic E-state index is 15.7. The van der Waals surface area contributed by atoms with E-state index in [0.717, 1.165) is 6.07 Å². The van der Waals surface area contributed by atoms with Crippen molar-refractivity contribution in [3.8, 4) is 0 Å². The van der Waals surface area contributed by atoms with E-state index < -0.39 is 48.3 Å². The standard InChI is InChI=1S/C28H34ClF2N3O5/c1-2-3-12-23(26(37)33-22(17-35)15-19-13-14-32-25(19)36)34-27(38)39-24(18-8-5-4-6-9-18)28(30,31)20-10-7-11-21(29)16-20/h4-11,16,19,22-24,35H,2-3,12-15,17H2,1H3,(H,32,36)(H,33,37)(H,34,38)/t19-,22-,23-,24-/m0/s1. The van der Waals surface area contributed by atoms with Crippen molar-refractivity contribution in [2.75, 3.05) is 13.2 Å². The van der Waals surface area contributed by atoms with Gasteiger partial charge in [-0.05, 0) is 37.0 Å². The molecule has 0 spiro atoms. The lowest BCUT2D eigenvalue weighted by atomic mass is 9.97. The van der Waals surface area contributed by atoms with E-state index in [9.17, 15) is 19.5 Å². The number of carbonyl (C=O) groups excluding carboxylic acids is 3. The maximum Gasteiger partial charge on any atom is 0.408 e. The van der Waals surface area contributed by atoms with Gasteiger partial charge < -0.3 is 25.8 Å². The molecule has 11 heteroatoms. The molecule has 1 saturated heterocycles. The van der Waals surface area contributed by atoms with Gasteiger partial charge in [0.25, 0.3) is 0 Å². The normalized spacial score (nSPS) is 17.6. The molecule has 0 saturated carbocycles. The summed E-state index contributed by atoms with van der Waals surface area (Å²) in [5.41, 5.74) is -0.374. The van der Waals surface area contributed by atoms with Gasteiger partial charge in [-0.1, -0.05) is 73.8 Å². The Labute approximate surface area is 231 Å². The van der Waals surface area contributed by atoms with E-state index in [2.05, 4.69) is 16.0 Å². The first-order valence-electron chi connectivity index (χ1n) is 13.0. The molecule has 2 aromatic rings. The molecule has 1 aliphatic rings. The molecule has 39 heavy (non-hydrogen) atoms. The topological polar surface area (TPSA) is 117 Å². The first-order chi connectivity index (χ1) is 18.6. The Kier molecular flexibility index (Phi) is 11.1. The lowest BCUT2D eigenvalue weighted by Crippen LogP contribution is -2.51. The summed E-state index contributed by atoms with van der Waals surface area (Å²) in [5.74, 6) is -4.72. The zero-order chi connectivity index (χ0) is 28.4. The number of hydrogen-bond donors (Lipinski definition) is 4. The van der Waals surface area contributed by atoms with Gasteiger partial charge >= 0.3 is 12.0 Å². The fourth-order valence-corrected chi connectivity index (χ4v) is 4.67. The smallest absolute Gasteiger partial charge is 0.408 e. The summed E-state index contributed by atoms with van der Waals surface area (Å²) in [4.78, 5) is 37.9. The average molecular weight is 566 g/mol. The molecular weight excluding hydrogens is 532 g/mol. The Morgan fingerprint density at radius 3 is 2.54 bits per heavy atom. The Bertz CT molecular complexity index is 1120. The van der Waals surface area contributed by atoms with Crippen LogP contribution in [0.3, 0.4) is 0 Å². The molecule has 8 nitrogen and oxygen atoms in total. The number of aliphatic hydroxyl groups is 1. The molecule has 1 aliphatic heterocycles. The molecular formula is C28H34ClF2N3O5. The lowest BCUT2D eigenvalue weighted by Gasteiger charge is -2.29. The van der Waals surface area contributed by atoms with E-state index >= 15 is 8.78 Å². The summed E-state index contributed by atoms with van der Waals surface area (Å²) >= 11 is 5.94. The number of benzene rings is 2. The number of alkyl carbamates (subject to hydrolysis) is 1. The molecule has 0 bridgehead atoms. The Morgan fingerprint density at radius 2 is 1.92 bits per heavy atom. The minimum atomic E-state index is -3.64. The second-order valence-corrected chi connectivity index (χ2v) is 10.0. The van der Waals surface area contributed by atoms with Crippen LogP contribution in [0.2, 0.25) is 5.02 Å². The number of halogens is 3. The van der Waals surface area contributed by atoms with E-state index in [-0.39, 0.29) is 35.3 Å². The minimum Gasteiger partial charge on any atom is -0.434 e. The van der Waals surface area contributed by atoms with E-state index in [1.807, 2.05) is 6.92 Å². The van der Waals surface area contributed by atoms with Crippen LogP contribution < -0.4 is 16.0 Å². The zero-order valence-corrected chi connectivity index (χ0v) is 22.4. The van der Waals surface area contributed by atoms with Gasteiger partial charge in [-0.2, -0.15) is 8.78 Å². The number of unbranched alkanes of at least 4 members (excludes halogenated alkanes) is 1. The molecule has 1 heterocycles. The highest BCUT2D eigenvalue weighted by atomic mass is 35.5. The van der Waals surface area contributed by atoms with Gasteiger partial charge in [-0.25, -0.2) is 4.79 Å². The van der Waals surface area contributed by atoms with Crippen LogP contribution >= 0.6 is 11.6 Å². The quantitative estimate of drug-likeness (QED) is 0.286. The van der Waals surface area contributed by atoms with E-state index in [0.29, 0.717) is 25.8 Å². The number of ether oxygens (including phenoxy) is 1. The molecule has 0 radical (unpaired) electrons. The predicted molar refractivity (Wildman–Crippen MR) is 142 cm³/mol. The van der Waals surface area contributed by atoms with Gasteiger partial charge in [0.15, 0.2) is 6.10 Å². The fraction of sp³-hybridized carbons (Fsp3) is 0.464. The summed E-state index contributed by atoms with van der Waals surface area (Å²) in [6.45, 7) is 2.03. The highest BCUT2D eigenvalue weighted by Crippen LogP contribution is 2.43. The summed E-state index contributed by atoms with van der Waals surface area (Å²) in [6, 6.07) is 10.9.